The monoisotopic (exact) mass is 160 g/mol. The highest BCUT2D eigenvalue weighted by atomic mass is 32.2. The van der Waals surface area contributed by atoms with E-state index in [0.717, 1.165) is 12.8 Å². The van der Waals surface area contributed by atoms with Crippen molar-refractivity contribution in [1.82, 2.24) is 0 Å². The summed E-state index contributed by atoms with van der Waals surface area (Å²) in [5, 5.41) is -0.115. The first kappa shape index (κ1) is 7.95. The van der Waals surface area contributed by atoms with Crippen LogP contribution >= 0.6 is 0 Å². The van der Waals surface area contributed by atoms with Gasteiger partial charge in [-0.3, -0.25) is 0 Å². The van der Waals surface area contributed by atoms with E-state index < -0.39 is 11.1 Å². The molecule has 0 bridgehead atoms. The van der Waals surface area contributed by atoms with Crippen molar-refractivity contribution >= 4 is 11.1 Å². The van der Waals surface area contributed by atoms with E-state index >= 15 is 0 Å². The van der Waals surface area contributed by atoms with Crippen LogP contribution < -0.4 is 0 Å². The lowest BCUT2D eigenvalue weighted by atomic mass is 9.98. The van der Waals surface area contributed by atoms with Crippen LogP contribution in [0, 0.1) is 5.92 Å². The Morgan fingerprint density at radius 3 is 2.60 bits per heavy atom. The highest BCUT2D eigenvalue weighted by molar-refractivity contribution is 7.80. The molecule has 10 heavy (non-hydrogen) atoms. The van der Waals surface area contributed by atoms with Gasteiger partial charge in [-0.15, -0.1) is 0 Å². The first-order valence-electron chi connectivity index (χ1n) is 3.48. The lowest BCUT2D eigenvalue weighted by Gasteiger charge is -2.16. The van der Waals surface area contributed by atoms with Crippen molar-refractivity contribution in [3.63, 3.8) is 0 Å². The molecule has 0 radical (unpaired) electrons. The molecule has 0 aromatic rings. The molecule has 0 aromatic heterocycles. The molecule has 0 saturated heterocycles. The molecule has 1 rings (SSSR count). The maximum absolute atomic E-state index is 10.5. The first-order valence-corrected chi connectivity index (χ1v) is 4.65. The van der Waals surface area contributed by atoms with Crippen LogP contribution in [0.1, 0.15) is 19.8 Å². The molecule has 3 atom stereocenters. The average molecular weight is 160 g/mol. The largest absolute Gasteiger partial charge is 0.306 e. The highest BCUT2D eigenvalue weighted by Crippen LogP contribution is 2.19. The van der Waals surface area contributed by atoms with Gasteiger partial charge in [-0.05, 0) is 18.8 Å². The Morgan fingerprint density at radius 2 is 2.20 bits per heavy atom. The Bertz CT molecular complexity index is 165. The van der Waals surface area contributed by atoms with Crippen LogP contribution in [0.2, 0.25) is 0 Å². The van der Waals surface area contributed by atoms with E-state index in [2.05, 4.69) is 6.92 Å². The van der Waals surface area contributed by atoms with Crippen LogP contribution in [0.5, 0.6) is 0 Å². The van der Waals surface area contributed by atoms with Crippen molar-refractivity contribution in [2.45, 2.75) is 25.0 Å². The normalized spacial score (nSPS) is 35.8. The van der Waals surface area contributed by atoms with E-state index in [4.69, 9.17) is 4.55 Å². The maximum Gasteiger partial charge on any atom is 0.159 e. The SMILES string of the molecule is C[C@H]1C=CC(S(=O)O)CC1. The van der Waals surface area contributed by atoms with Crippen LogP contribution in [0.15, 0.2) is 12.2 Å². The molecule has 0 fully saturated rings. The van der Waals surface area contributed by atoms with Gasteiger partial charge in [0.2, 0.25) is 0 Å². The second kappa shape index (κ2) is 3.30. The molecule has 0 spiro atoms. The van der Waals surface area contributed by atoms with Gasteiger partial charge in [0, 0.05) is 0 Å². The minimum absolute atomic E-state index is 0.115. The maximum atomic E-state index is 10.5. The Morgan fingerprint density at radius 1 is 1.50 bits per heavy atom. The quantitative estimate of drug-likeness (QED) is 0.467. The molecule has 0 amide bonds. The standard InChI is InChI=1S/C7H12O2S/c1-6-2-4-7(5-3-6)10(8)9/h2,4,6-7H,3,5H2,1H3,(H,8,9)/t6-,7?/m0/s1. The number of allylic oxidation sites excluding steroid dienone is 1. The van der Waals surface area contributed by atoms with Crippen LogP contribution in [-0.2, 0) is 11.1 Å². The summed E-state index contributed by atoms with van der Waals surface area (Å²) < 4.78 is 19.2. The van der Waals surface area contributed by atoms with Crippen LogP contribution in [0.4, 0.5) is 0 Å². The average Bonchev–Trinajstić information content (AvgIpc) is 1.88. The zero-order valence-corrected chi connectivity index (χ0v) is 6.80. The second-order valence-corrected chi connectivity index (χ2v) is 3.91. The van der Waals surface area contributed by atoms with Gasteiger partial charge in [0.1, 0.15) is 0 Å². The van der Waals surface area contributed by atoms with Gasteiger partial charge in [-0.1, -0.05) is 19.1 Å². The topological polar surface area (TPSA) is 37.3 Å². The van der Waals surface area contributed by atoms with Crippen LogP contribution in [0.3, 0.4) is 0 Å². The second-order valence-electron chi connectivity index (χ2n) is 2.75. The molecule has 1 aliphatic carbocycles. The molecule has 0 aliphatic heterocycles. The van der Waals surface area contributed by atoms with Gasteiger partial charge < -0.3 is 4.55 Å². The van der Waals surface area contributed by atoms with E-state index in [0.29, 0.717) is 5.92 Å². The molecule has 3 heteroatoms. The molecule has 0 saturated carbocycles. The fourth-order valence-electron chi connectivity index (χ4n) is 1.10. The van der Waals surface area contributed by atoms with Gasteiger partial charge in [-0.2, -0.15) is 0 Å². The molecular weight excluding hydrogens is 148 g/mol. The Kier molecular flexibility index (Phi) is 2.63. The smallest absolute Gasteiger partial charge is 0.159 e. The van der Waals surface area contributed by atoms with Crippen molar-refractivity contribution in [3.8, 4) is 0 Å². The summed E-state index contributed by atoms with van der Waals surface area (Å²) in [6.07, 6.45) is 5.75. The van der Waals surface area contributed by atoms with Gasteiger partial charge >= 0.3 is 0 Å². The lowest BCUT2D eigenvalue weighted by molar-refractivity contribution is 0.527. The van der Waals surface area contributed by atoms with E-state index in [-0.39, 0.29) is 5.25 Å². The molecule has 0 heterocycles. The predicted octanol–water partition coefficient (Wildman–Crippen LogP) is 1.56. The van der Waals surface area contributed by atoms with Crippen molar-refractivity contribution in [2.75, 3.05) is 0 Å². The number of rotatable bonds is 1. The molecular formula is C7H12O2S. The van der Waals surface area contributed by atoms with Crippen molar-refractivity contribution in [2.24, 2.45) is 5.92 Å². The zero-order valence-electron chi connectivity index (χ0n) is 5.99. The first-order chi connectivity index (χ1) is 4.70. The lowest BCUT2D eigenvalue weighted by Crippen LogP contribution is -2.16. The minimum Gasteiger partial charge on any atom is -0.306 e. The van der Waals surface area contributed by atoms with Gasteiger partial charge in [0.05, 0.1) is 5.25 Å². The summed E-state index contributed by atoms with van der Waals surface area (Å²) in [7, 11) is 0. The molecule has 1 N–H and O–H groups in total. The van der Waals surface area contributed by atoms with Crippen molar-refractivity contribution in [3.05, 3.63) is 12.2 Å². The van der Waals surface area contributed by atoms with Crippen molar-refractivity contribution < 1.29 is 8.76 Å². The van der Waals surface area contributed by atoms with Crippen LogP contribution in [0.25, 0.3) is 0 Å². The van der Waals surface area contributed by atoms with E-state index in [1.54, 1.807) is 0 Å². The molecule has 2 nitrogen and oxygen atoms in total. The Hall–Kier alpha value is -0.150. The van der Waals surface area contributed by atoms with Gasteiger partial charge in [0.25, 0.3) is 0 Å². The number of hydrogen-bond acceptors (Lipinski definition) is 1. The molecule has 58 valence electrons. The third-order valence-corrected chi connectivity index (χ3v) is 2.73. The summed E-state index contributed by atoms with van der Waals surface area (Å²) >= 11 is -1.65. The summed E-state index contributed by atoms with van der Waals surface area (Å²) in [4.78, 5) is 0. The molecule has 0 aromatic carbocycles. The van der Waals surface area contributed by atoms with Gasteiger partial charge in [-0.25, -0.2) is 4.21 Å². The summed E-state index contributed by atoms with van der Waals surface area (Å²) in [6.45, 7) is 2.12. The van der Waals surface area contributed by atoms with Gasteiger partial charge in [0.15, 0.2) is 11.1 Å². The third-order valence-electron chi connectivity index (χ3n) is 1.82. The van der Waals surface area contributed by atoms with Crippen molar-refractivity contribution in [1.29, 1.82) is 0 Å². The zero-order chi connectivity index (χ0) is 7.56. The van der Waals surface area contributed by atoms with E-state index in [1.807, 2.05) is 12.2 Å². The fourth-order valence-corrected chi connectivity index (χ4v) is 1.66. The fraction of sp³-hybridized carbons (Fsp3) is 0.714. The third kappa shape index (κ3) is 1.92. The Balaban J connectivity index is 2.53. The summed E-state index contributed by atoms with van der Waals surface area (Å²) in [6, 6.07) is 0. The summed E-state index contributed by atoms with van der Waals surface area (Å²) in [5.41, 5.74) is 0. The summed E-state index contributed by atoms with van der Waals surface area (Å²) in [5.74, 6) is 0.583. The molecule has 1 aliphatic rings. The molecule has 2 unspecified atom stereocenters. The van der Waals surface area contributed by atoms with E-state index in [9.17, 15) is 4.21 Å². The van der Waals surface area contributed by atoms with Crippen LogP contribution in [-0.4, -0.2) is 14.0 Å². The Labute approximate surface area is 63.6 Å². The van der Waals surface area contributed by atoms with E-state index in [1.165, 1.54) is 0 Å². The minimum atomic E-state index is -1.65. The highest BCUT2D eigenvalue weighted by Gasteiger charge is 2.16. The number of hydrogen-bond donors (Lipinski definition) is 1. The predicted molar refractivity (Wildman–Crippen MR) is 42.1 cm³/mol.